The molecule has 0 aromatic carbocycles. The van der Waals surface area contributed by atoms with Gasteiger partial charge in [-0.1, -0.05) is 38.0 Å². The van der Waals surface area contributed by atoms with Crippen LogP contribution in [0.5, 0.6) is 0 Å². The van der Waals surface area contributed by atoms with E-state index in [4.69, 9.17) is 0 Å². The first-order valence-electron chi connectivity index (χ1n) is 4.21. The summed E-state index contributed by atoms with van der Waals surface area (Å²) in [7, 11) is 0. The van der Waals surface area contributed by atoms with Crippen LogP contribution in [0.2, 0.25) is 0 Å². The second-order valence-electron chi connectivity index (χ2n) is 3.15. The van der Waals surface area contributed by atoms with Gasteiger partial charge < -0.3 is 6.42 Å². The maximum Gasteiger partial charge on any atom is 0 e. The van der Waals surface area contributed by atoms with Crippen LogP contribution >= 0.6 is 0 Å². The smallest absolute Gasteiger partial charge is 0 e. The van der Waals surface area contributed by atoms with Crippen LogP contribution in [0, 0.1) is 43.5 Å². The van der Waals surface area contributed by atoms with Gasteiger partial charge in [0.05, 0.1) is 0 Å². The first-order valence-corrected chi connectivity index (χ1v) is 4.21. The normalized spacial score (nSPS) is 20.1. The van der Waals surface area contributed by atoms with Crippen LogP contribution in [0.1, 0.15) is 45.4 Å². The number of hydrogen-bond acceptors (Lipinski definition) is 0. The van der Waals surface area contributed by atoms with E-state index in [0.717, 1.165) is 5.92 Å². The molecular weight excluding hydrogens is 346 g/mol. The Morgan fingerprint density at radius 3 is 2.30 bits per heavy atom. The van der Waals surface area contributed by atoms with Gasteiger partial charge in [-0.25, -0.2) is 0 Å². The third-order valence-corrected chi connectivity index (χ3v) is 2.29. The van der Waals surface area contributed by atoms with Crippen molar-refractivity contribution in [3.63, 3.8) is 0 Å². The molecule has 1 fully saturated rings. The summed E-state index contributed by atoms with van der Waals surface area (Å²) in [5.41, 5.74) is 0. The third kappa shape index (κ3) is 4.04. The topological polar surface area (TPSA) is 0 Å². The van der Waals surface area contributed by atoms with Gasteiger partial charge in [-0.15, -0.1) is 0 Å². The molecule has 58 valence electrons. The Hall–Kier alpha value is 1.05. The zero-order valence-electron chi connectivity index (χ0n) is 6.90. The van der Waals surface area contributed by atoms with E-state index in [1.54, 1.807) is 0 Å². The van der Waals surface area contributed by atoms with Crippen molar-refractivity contribution in [2.75, 3.05) is 0 Å². The molecule has 1 heteroatoms. The molecule has 0 amide bonds. The van der Waals surface area contributed by atoms with Crippen molar-refractivity contribution in [1.29, 1.82) is 0 Å². The Bertz CT molecular complexity index is 62.4. The van der Waals surface area contributed by atoms with E-state index in [1.807, 2.05) is 0 Å². The molecule has 0 nitrogen and oxygen atoms in total. The summed E-state index contributed by atoms with van der Waals surface area (Å²) in [5.74, 6) is 1.05. The summed E-state index contributed by atoms with van der Waals surface area (Å²) in [4.78, 5) is 0. The van der Waals surface area contributed by atoms with Crippen molar-refractivity contribution in [3.05, 3.63) is 6.42 Å². The minimum Gasteiger partial charge on any atom is -0.331 e. The number of rotatable bonds is 2. The standard InChI is InChI=1S/C9H17.U/c1-2-6-9-7-4-3-5-8-9;/h2,9H,3-8H2,1H3;/q-1;. The van der Waals surface area contributed by atoms with E-state index in [1.165, 1.54) is 38.5 Å². The maximum absolute atomic E-state index is 2.32. The van der Waals surface area contributed by atoms with E-state index >= 15 is 0 Å². The van der Waals surface area contributed by atoms with Crippen LogP contribution in [-0.4, -0.2) is 0 Å². The maximum atomic E-state index is 2.32. The first-order chi connectivity index (χ1) is 4.43. The molecule has 0 radical (unpaired) electrons. The molecule has 1 aliphatic rings. The van der Waals surface area contributed by atoms with Gasteiger partial charge in [-0.05, 0) is 0 Å². The summed E-state index contributed by atoms with van der Waals surface area (Å²) >= 11 is 0. The molecule has 0 heterocycles. The zero-order valence-corrected chi connectivity index (χ0v) is 11.1. The third-order valence-electron chi connectivity index (χ3n) is 2.29. The molecule has 1 saturated carbocycles. The quantitative estimate of drug-likeness (QED) is 0.661. The summed E-state index contributed by atoms with van der Waals surface area (Å²) in [6, 6.07) is 0. The second kappa shape index (κ2) is 6.74. The van der Waals surface area contributed by atoms with Crippen LogP contribution in [0.3, 0.4) is 0 Å². The van der Waals surface area contributed by atoms with Gasteiger partial charge in [0.15, 0.2) is 0 Å². The molecule has 0 spiro atoms. The summed E-state index contributed by atoms with van der Waals surface area (Å²) in [6.07, 6.45) is 11.1. The van der Waals surface area contributed by atoms with Crippen LogP contribution < -0.4 is 0 Å². The minimum absolute atomic E-state index is 0. The Morgan fingerprint density at radius 1 is 1.20 bits per heavy atom. The van der Waals surface area contributed by atoms with E-state index in [9.17, 15) is 0 Å². The van der Waals surface area contributed by atoms with Gasteiger partial charge in [0.25, 0.3) is 0 Å². The van der Waals surface area contributed by atoms with Crippen molar-refractivity contribution < 1.29 is 31.1 Å². The average molecular weight is 363 g/mol. The van der Waals surface area contributed by atoms with Crippen molar-refractivity contribution >= 4 is 0 Å². The van der Waals surface area contributed by atoms with Gasteiger partial charge in [-0.3, -0.25) is 0 Å². The van der Waals surface area contributed by atoms with E-state index < -0.39 is 0 Å². The molecule has 1 aliphatic carbocycles. The van der Waals surface area contributed by atoms with E-state index in [-0.39, 0.29) is 31.1 Å². The Morgan fingerprint density at radius 2 is 1.80 bits per heavy atom. The summed E-state index contributed by atoms with van der Waals surface area (Å²) in [5, 5.41) is 0. The SMILES string of the molecule is C[CH-]CC1CCCCC1.[U]. The van der Waals surface area contributed by atoms with Crippen molar-refractivity contribution in [3.8, 4) is 0 Å². The Balaban J connectivity index is 0.000000810. The van der Waals surface area contributed by atoms with Crippen LogP contribution in [-0.2, 0) is 0 Å². The van der Waals surface area contributed by atoms with Gasteiger partial charge in [-0.2, -0.15) is 13.3 Å². The predicted octanol–water partition coefficient (Wildman–Crippen LogP) is 3.18. The largest absolute Gasteiger partial charge is 0.331 e. The Labute approximate surface area is 88.5 Å². The monoisotopic (exact) mass is 363 g/mol. The van der Waals surface area contributed by atoms with Gasteiger partial charge in [0.1, 0.15) is 0 Å². The molecule has 0 aromatic rings. The van der Waals surface area contributed by atoms with E-state index in [2.05, 4.69) is 13.3 Å². The van der Waals surface area contributed by atoms with Gasteiger partial charge >= 0.3 is 0 Å². The van der Waals surface area contributed by atoms with Crippen molar-refractivity contribution in [2.24, 2.45) is 5.92 Å². The minimum atomic E-state index is 0. The zero-order chi connectivity index (χ0) is 6.53. The average Bonchev–Trinajstić information content (AvgIpc) is 1.91. The van der Waals surface area contributed by atoms with Gasteiger partial charge in [0.2, 0.25) is 0 Å². The fourth-order valence-corrected chi connectivity index (χ4v) is 1.76. The molecule has 0 aromatic heterocycles. The molecule has 0 unspecified atom stereocenters. The molecular formula is C9H17U-. The van der Waals surface area contributed by atoms with Gasteiger partial charge in [0, 0.05) is 31.1 Å². The Kier molecular flexibility index (Phi) is 7.45. The summed E-state index contributed by atoms with van der Waals surface area (Å²) in [6.45, 7) is 2.18. The molecule has 0 N–H and O–H groups in total. The fraction of sp³-hybridized carbons (Fsp3) is 0.889. The van der Waals surface area contributed by atoms with Crippen molar-refractivity contribution in [1.82, 2.24) is 0 Å². The molecule has 10 heavy (non-hydrogen) atoms. The van der Waals surface area contributed by atoms with Crippen LogP contribution in [0.25, 0.3) is 0 Å². The summed E-state index contributed by atoms with van der Waals surface area (Å²) < 4.78 is 0. The van der Waals surface area contributed by atoms with Crippen molar-refractivity contribution in [2.45, 2.75) is 45.4 Å². The second-order valence-corrected chi connectivity index (χ2v) is 3.15. The van der Waals surface area contributed by atoms with Crippen LogP contribution in [0.4, 0.5) is 0 Å². The number of hydrogen-bond donors (Lipinski definition) is 0. The molecule has 0 atom stereocenters. The van der Waals surface area contributed by atoms with E-state index in [0.29, 0.717) is 0 Å². The molecule has 0 saturated heterocycles. The first kappa shape index (κ1) is 11.1. The molecule has 1 rings (SSSR count). The van der Waals surface area contributed by atoms with Crippen LogP contribution in [0.15, 0.2) is 0 Å². The molecule has 0 aliphatic heterocycles. The fourth-order valence-electron chi connectivity index (χ4n) is 1.76. The predicted molar refractivity (Wildman–Crippen MR) is 41.2 cm³/mol. The molecule has 0 bridgehead atoms.